The van der Waals surface area contributed by atoms with Crippen LogP contribution in [0.1, 0.15) is 33.3 Å². The summed E-state index contributed by atoms with van der Waals surface area (Å²) in [6, 6.07) is 16.8. The van der Waals surface area contributed by atoms with Crippen molar-refractivity contribution >= 4 is 33.2 Å². The molecule has 0 unspecified atom stereocenters. The molecular weight excluding hydrogens is 539 g/mol. The Morgan fingerprint density at radius 3 is 2.10 bits per heavy atom. The van der Waals surface area contributed by atoms with Crippen LogP contribution in [0.5, 0.6) is 0 Å². The molecule has 3 aromatic carbocycles. The van der Waals surface area contributed by atoms with E-state index < -0.39 is 50.7 Å². The molecule has 0 aliphatic heterocycles. The van der Waals surface area contributed by atoms with E-state index in [2.05, 4.69) is 5.32 Å². The fraction of sp³-hybridized carbons (Fsp3) is 0.286. The maximum Gasteiger partial charge on any atom is 0.269 e. The molecule has 0 bridgehead atoms. The van der Waals surface area contributed by atoms with Gasteiger partial charge in [0.2, 0.25) is 11.8 Å². The van der Waals surface area contributed by atoms with Crippen LogP contribution in [0.15, 0.2) is 83.8 Å². The number of amides is 2. The highest BCUT2D eigenvalue weighted by atomic mass is 32.2. The molecule has 40 heavy (non-hydrogen) atoms. The Bertz CT molecular complexity index is 1470. The number of hydrogen-bond acceptors (Lipinski definition) is 6. The smallest absolute Gasteiger partial charge is 0.269 e. The molecule has 0 spiro atoms. The molecule has 0 aliphatic carbocycles. The van der Waals surface area contributed by atoms with E-state index in [1.165, 1.54) is 61.5 Å². The number of anilines is 1. The minimum absolute atomic E-state index is 0.000408. The minimum Gasteiger partial charge on any atom is -0.350 e. The van der Waals surface area contributed by atoms with Crippen molar-refractivity contribution in [1.29, 1.82) is 0 Å². The predicted octanol–water partition coefficient (Wildman–Crippen LogP) is 4.26. The van der Waals surface area contributed by atoms with Gasteiger partial charge in [-0.2, -0.15) is 0 Å². The Morgan fingerprint density at radius 1 is 0.975 bits per heavy atom. The van der Waals surface area contributed by atoms with Gasteiger partial charge in [0.05, 0.1) is 15.5 Å². The second-order valence-corrected chi connectivity index (χ2v) is 12.0. The molecule has 2 amide bonds. The van der Waals surface area contributed by atoms with Gasteiger partial charge in [0.1, 0.15) is 18.4 Å². The molecule has 0 fully saturated rings. The summed E-state index contributed by atoms with van der Waals surface area (Å²) in [5, 5.41) is 13.9. The number of carbonyl (C=O) groups excluding carboxylic acids is 2. The standard InChI is InChI=1S/C28H31FN4O6S/c1-20(27(35)30-28(2,3)4)31(18-21-10-8-9-13-25(21)29)26(34)19-32(22-14-16-23(17-15-22)33(36)37)40(38,39)24-11-6-5-7-12-24/h5-17,20H,18-19H2,1-4H3,(H,30,35)/t20-/m1/s1. The van der Waals surface area contributed by atoms with Gasteiger partial charge in [-0.3, -0.25) is 24.0 Å². The third kappa shape index (κ3) is 7.41. The van der Waals surface area contributed by atoms with Crippen molar-refractivity contribution in [2.45, 2.75) is 50.7 Å². The molecule has 0 heterocycles. The summed E-state index contributed by atoms with van der Waals surface area (Å²) in [6.45, 7) is 5.72. The average molecular weight is 571 g/mol. The van der Waals surface area contributed by atoms with Crippen LogP contribution in [0.2, 0.25) is 0 Å². The maximum atomic E-state index is 14.6. The van der Waals surface area contributed by atoms with Crippen molar-refractivity contribution < 1.29 is 27.3 Å². The number of carbonyl (C=O) groups is 2. The molecule has 0 aromatic heterocycles. The highest BCUT2D eigenvalue weighted by molar-refractivity contribution is 7.92. The summed E-state index contributed by atoms with van der Waals surface area (Å²) in [5.74, 6) is -1.88. The van der Waals surface area contributed by atoms with Crippen molar-refractivity contribution in [1.82, 2.24) is 10.2 Å². The molecule has 212 valence electrons. The molecule has 0 radical (unpaired) electrons. The van der Waals surface area contributed by atoms with Gasteiger partial charge in [-0.05, 0) is 58.0 Å². The van der Waals surface area contributed by atoms with E-state index in [0.717, 1.165) is 21.3 Å². The number of nitro groups is 1. The first-order chi connectivity index (χ1) is 18.7. The zero-order valence-corrected chi connectivity index (χ0v) is 23.4. The summed E-state index contributed by atoms with van der Waals surface area (Å²) < 4.78 is 42.8. The number of non-ortho nitro benzene ring substituents is 1. The van der Waals surface area contributed by atoms with Crippen LogP contribution in [0.3, 0.4) is 0 Å². The lowest BCUT2D eigenvalue weighted by Crippen LogP contribution is -2.54. The number of sulfonamides is 1. The van der Waals surface area contributed by atoms with E-state index in [-0.39, 0.29) is 28.4 Å². The number of hydrogen-bond donors (Lipinski definition) is 1. The van der Waals surface area contributed by atoms with E-state index in [1.54, 1.807) is 32.9 Å². The minimum atomic E-state index is -4.33. The van der Waals surface area contributed by atoms with Crippen LogP contribution in [0.4, 0.5) is 15.8 Å². The van der Waals surface area contributed by atoms with Crippen molar-refractivity contribution in [3.63, 3.8) is 0 Å². The summed E-state index contributed by atoms with van der Waals surface area (Å²) >= 11 is 0. The van der Waals surface area contributed by atoms with Crippen LogP contribution in [0, 0.1) is 15.9 Å². The summed E-state index contributed by atoms with van der Waals surface area (Å²) in [7, 11) is -4.33. The van der Waals surface area contributed by atoms with Crippen LogP contribution in [-0.4, -0.2) is 48.2 Å². The van der Waals surface area contributed by atoms with Gasteiger partial charge >= 0.3 is 0 Å². The number of benzene rings is 3. The molecule has 1 atom stereocenters. The number of nitrogens with zero attached hydrogens (tertiary/aromatic N) is 3. The molecule has 0 saturated heterocycles. The summed E-state index contributed by atoms with van der Waals surface area (Å²) in [6.07, 6.45) is 0. The number of nitro benzene ring substituents is 1. The molecular formula is C28H31FN4O6S. The molecule has 0 saturated carbocycles. The zero-order chi connectivity index (χ0) is 29.7. The van der Waals surface area contributed by atoms with Crippen LogP contribution in [0.25, 0.3) is 0 Å². The maximum absolute atomic E-state index is 14.6. The quantitative estimate of drug-likeness (QED) is 0.286. The lowest BCUT2D eigenvalue weighted by atomic mass is 10.1. The van der Waals surface area contributed by atoms with Crippen LogP contribution < -0.4 is 9.62 Å². The summed E-state index contributed by atoms with van der Waals surface area (Å²) in [4.78, 5) is 38.4. The topological polar surface area (TPSA) is 130 Å². The van der Waals surface area contributed by atoms with Crippen molar-refractivity contribution in [3.05, 3.63) is 100 Å². The fourth-order valence-electron chi connectivity index (χ4n) is 3.86. The largest absolute Gasteiger partial charge is 0.350 e. The monoisotopic (exact) mass is 570 g/mol. The predicted molar refractivity (Wildman–Crippen MR) is 148 cm³/mol. The van der Waals surface area contributed by atoms with E-state index in [1.807, 2.05) is 0 Å². The average Bonchev–Trinajstić information content (AvgIpc) is 2.90. The van der Waals surface area contributed by atoms with E-state index >= 15 is 0 Å². The number of halogens is 1. The molecule has 10 nitrogen and oxygen atoms in total. The van der Waals surface area contributed by atoms with Gasteiger partial charge in [-0.1, -0.05) is 36.4 Å². The highest BCUT2D eigenvalue weighted by Gasteiger charge is 2.33. The first kappa shape index (κ1) is 30.2. The molecule has 3 rings (SSSR count). The van der Waals surface area contributed by atoms with Gasteiger partial charge in [0, 0.05) is 29.8 Å². The highest BCUT2D eigenvalue weighted by Crippen LogP contribution is 2.26. The molecule has 0 aliphatic rings. The van der Waals surface area contributed by atoms with E-state index in [4.69, 9.17) is 0 Å². The molecule has 1 N–H and O–H groups in total. The second-order valence-electron chi connectivity index (χ2n) is 10.1. The second kappa shape index (κ2) is 12.2. The Hall–Kier alpha value is -4.32. The van der Waals surface area contributed by atoms with Gasteiger partial charge < -0.3 is 10.2 Å². The SMILES string of the molecule is C[C@H](C(=O)NC(C)(C)C)N(Cc1ccccc1F)C(=O)CN(c1ccc([N+](=O)[O-])cc1)S(=O)(=O)c1ccccc1. The van der Waals surface area contributed by atoms with Crippen molar-refractivity contribution in [3.8, 4) is 0 Å². The Balaban J connectivity index is 2.06. The van der Waals surface area contributed by atoms with E-state index in [0.29, 0.717) is 0 Å². The number of nitrogens with one attached hydrogen (secondary N) is 1. The molecule has 12 heteroatoms. The summed E-state index contributed by atoms with van der Waals surface area (Å²) in [5.41, 5.74) is -0.750. The van der Waals surface area contributed by atoms with Gasteiger partial charge in [-0.15, -0.1) is 0 Å². The van der Waals surface area contributed by atoms with Gasteiger partial charge in [0.15, 0.2) is 0 Å². The lowest BCUT2D eigenvalue weighted by molar-refractivity contribution is -0.384. The first-order valence-electron chi connectivity index (χ1n) is 12.4. The Kier molecular flexibility index (Phi) is 9.25. The molecule has 3 aromatic rings. The normalized spacial score (nSPS) is 12.3. The third-order valence-corrected chi connectivity index (χ3v) is 7.71. The van der Waals surface area contributed by atoms with E-state index in [9.17, 15) is 32.5 Å². The lowest BCUT2D eigenvalue weighted by Gasteiger charge is -2.33. The Morgan fingerprint density at radius 2 is 1.55 bits per heavy atom. The van der Waals surface area contributed by atoms with Gasteiger partial charge in [0.25, 0.3) is 15.7 Å². The third-order valence-electron chi connectivity index (χ3n) is 5.92. The van der Waals surface area contributed by atoms with Crippen molar-refractivity contribution in [2.24, 2.45) is 0 Å². The van der Waals surface area contributed by atoms with Gasteiger partial charge in [-0.25, -0.2) is 12.8 Å². The van der Waals surface area contributed by atoms with Crippen molar-refractivity contribution in [2.75, 3.05) is 10.8 Å². The Labute approximate surface area is 232 Å². The van der Waals surface area contributed by atoms with Crippen LogP contribution in [-0.2, 0) is 26.2 Å². The zero-order valence-electron chi connectivity index (χ0n) is 22.6. The first-order valence-corrected chi connectivity index (χ1v) is 13.8. The number of rotatable bonds is 10. The fourth-order valence-corrected chi connectivity index (χ4v) is 5.29. The van der Waals surface area contributed by atoms with Crippen LogP contribution >= 0.6 is 0 Å².